The predicted octanol–water partition coefficient (Wildman–Crippen LogP) is 0.927. The van der Waals surface area contributed by atoms with E-state index in [0.717, 1.165) is 5.56 Å². The Morgan fingerprint density at radius 2 is 2.24 bits per heavy atom. The summed E-state index contributed by atoms with van der Waals surface area (Å²) in [7, 11) is 1.77. The fourth-order valence-electron chi connectivity index (χ4n) is 1.36. The average molecular weight is 228 g/mol. The fourth-order valence-corrected chi connectivity index (χ4v) is 1.36. The van der Waals surface area contributed by atoms with E-state index in [2.05, 4.69) is 25.2 Å². The first-order valence-corrected chi connectivity index (χ1v) is 4.93. The van der Waals surface area contributed by atoms with Crippen molar-refractivity contribution in [2.24, 2.45) is 7.05 Å². The van der Waals surface area contributed by atoms with Crippen molar-refractivity contribution in [3.63, 3.8) is 0 Å². The highest BCUT2D eigenvalue weighted by Crippen LogP contribution is 2.18. The molecule has 7 heteroatoms. The quantitative estimate of drug-likeness (QED) is 0.648. The monoisotopic (exact) mass is 228 g/mol. The molecule has 84 valence electrons. The summed E-state index contributed by atoms with van der Waals surface area (Å²) in [6.07, 6.45) is 4.93. The molecule has 0 bridgehead atoms. The van der Waals surface area contributed by atoms with Gasteiger partial charge in [-0.15, -0.1) is 5.10 Å². The van der Waals surface area contributed by atoms with Gasteiger partial charge >= 0.3 is 0 Å². The summed E-state index contributed by atoms with van der Waals surface area (Å²) in [5.41, 5.74) is 0.790. The number of hydrogen-bond donors (Lipinski definition) is 0. The first-order chi connectivity index (χ1) is 8.33. The van der Waals surface area contributed by atoms with Gasteiger partial charge in [-0.3, -0.25) is 9.67 Å². The van der Waals surface area contributed by atoms with Gasteiger partial charge in [-0.05, 0) is 12.1 Å². The van der Waals surface area contributed by atoms with Gasteiger partial charge in [-0.2, -0.15) is 4.98 Å². The van der Waals surface area contributed by atoms with Gasteiger partial charge in [0, 0.05) is 25.0 Å². The van der Waals surface area contributed by atoms with Gasteiger partial charge in [0.1, 0.15) is 6.33 Å². The minimum atomic E-state index is 0.296. The van der Waals surface area contributed by atoms with Crippen LogP contribution in [0.2, 0.25) is 0 Å². The highest BCUT2D eigenvalue weighted by molar-refractivity contribution is 5.54. The zero-order valence-corrected chi connectivity index (χ0v) is 8.98. The molecular formula is C10H8N6O. The van der Waals surface area contributed by atoms with Crippen molar-refractivity contribution in [1.29, 1.82) is 0 Å². The molecule has 0 aliphatic rings. The second-order valence-electron chi connectivity index (χ2n) is 3.41. The Kier molecular flexibility index (Phi) is 2.14. The topological polar surface area (TPSA) is 82.5 Å². The van der Waals surface area contributed by atoms with Gasteiger partial charge in [-0.1, -0.05) is 5.16 Å². The lowest BCUT2D eigenvalue weighted by Crippen LogP contribution is -1.88. The van der Waals surface area contributed by atoms with Crippen LogP contribution in [-0.2, 0) is 7.05 Å². The van der Waals surface area contributed by atoms with E-state index in [-0.39, 0.29) is 0 Å². The fraction of sp³-hybridized carbons (Fsp3) is 0.100. The lowest BCUT2D eigenvalue weighted by Gasteiger charge is -1.89. The molecule has 0 aliphatic heterocycles. The maximum atomic E-state index is 5.09. The summed E-state index contributed by atoms with van der Waals surface area (Å²) in [5.74, 6) is 1.18. The molecule has 0 spiro atoms. The van der Waals surface area contributed by atoms with E-state index >= 15 is 0 Å². The first-order valence-electron chi connectivity index (χ1n) is 4.93. The highest BCUT2D eigenvalue weighted by atomic mass is 16.5. The molecule has 3 heterocycles. The van der Waals surface area contributed by atoms with Gasteiger partial charge in [0.05, 0.1) is 0 Å². The Bertz CT molecular complexity index is 629. The summed E-state index contributed by atoms with van der Waals surface area (Å²) in [6.45, 7) is 0. The third-order valence-electron chi connectivity index (χ3n) is 2.14. The second kappa shape index (κ2) is 3.78. The van der Waals surface area contributed by atoms with Crippen LogP contribution in [0.4, 0.5) is 0 Å². The standard InChI is InChI=1S/C10H8N6O/c1-16-6-12-9(14-16)10-13-8(15-17-10)7-3-2-4-11-5-7/h2-6H,1H3. The van der Waals surface area contributed by atoms with Gasteiger partial charge in [0.15, 0.2) is 0 Å². The smallest absolute Gasteiger partial charge is 0.297 e. The highest BCUT2D eigenvalue weighted by Gasteiger charge is 2.13. The van der Waals surface area contributed by atoms with E-state index in [1.54, 1.807) is 30.5 Å². The average Bonchev–Trinajstić information content (AvgIpc) is 2.98. The van der Waals surface area contributed by atoms with Crippen LogP contribution in [0.25, 0.3) is 23.1 Å². The summed E-state index contributed by atoms with van der Waals surface area (Å²) < 4.78 is 6.66. The van der Waals surface area contributed by atoms with Crippen molar-refractivity contribution in [2.45, 2.75) is 0 Å². The molecule has 3 aromatic rings. The lowest BCUT2D eigenvalue weighted by molar-refractivity contribution is 0.429. The molecule has 0 aliphatic carbocycles. The molecule has 0 unspecified atom stereocenters. The second-order valence-corrected chi connectivity index (χ2v) is 3.41. The number of aryl methyl sites for hydroxylation is 1. The Morgan fingerprint density at radius 3 is 2.94 bits per heavy atom. The van der Waals surface area contributed by atoms with Crippen molar-refractivity contribution in [1.82, 2.24) is 29.9 Å². The lowest BCUT2D eigenvalue weighted by atomic mass is 10.3. The largest absolute Gasteiger partial charge is 0.330 e. The van der Waals surface area contributed by atoms with Gasteiger partial charge < -0.3 is 4.52 Å². The van der Waals surface area contributed by atoms with E-state index in [9.17, 15) is 0 Å². The molecule has 0 amide bonds. The van der Waals surface area contributed by atoms with E-state index in [4.69, 9.17) is 4.52 Å². The maximum absolute atomic E-state index is 5.09. The number of hydrogen-bond acceptors (Lipinski definition) is 6. The van der Waals surface area contributed by atoms with Crippen LogP contribution >= 0.6 is 0 Å². The third kappa shape index (κ3) is 1.78. The predicted molar refractivity (Wildman–Crippen MR) is 57.5 cm³/mol. The Labute approximate surface area is 96.1 Å². The SMILES string of the molecule is Cn1cnc(-c2nc(-c3cccnc3)no2)n1. The summed E-state index contributed by atoms with van der Waals surface area (Å²) in [5, 5.41) is 7.94. The minimum absolute atomic E-state index is 0.296. The normalized spacial score (nSPS) is 10.6. The van der Waals surface area contributed by atoms with Crippen LogP contribution in [0.3, 0.4) is 0 Å². The van der Waals surface area contributed by atoms with Crippen molar-refractivity contribution >= 4 is 0 Å². The molecule has 0 saturated heterocycles. The Morgan fingerprint density at radius 1 is 1.29 bits per heavy atom. The van der Waals surface area contributed by atoms with Crippen molar-refractivity contribution in [3.8, 4) is 23.1 Å². The van der Waals surface area contributed by atoms with Crippen molar-refractivity contribution < 1.29 is 4.52 Å². The molecule has 0 atom stereocenters. The van der Waals surface area contributed by atoms with Gasteiger partial charge in [-0.25, -0.2) is 4.98 Å². The molecule has 0 saturated carbocycles. The van der Waals surface area contributed by atoms with Crippen LogP contribution in [-0.4, -0.2) is 29.9 Å². The minimum Gasteiger partial charge on any atom is -0.330 e. The van der Waals surface area contributed by atoms with Crippen LogP contribution in [0.5, 0.6) is 0 Å². The van der Waals surface area contributed by atoms with Gasteiger partial charge in [0.25, 0.3) is 5.89 Å². The van der Waals surface area contributed by atoms with E-state index in [1.165, 1.54) is 0 Å². The molecule has 0 aromatic carbocycles. The summed E-state index contributed by atoms with van der Waals surface area (Å²) in [4.78, 5) is 12.2. The van der Waals surface area contributed by atoms with Crippen LogP contribution in [0.15, 0.2) is 35.4 Å². The number of pyridine rings is 1. The van der Waals surface area contributed by atoms with Crippen LogP contribution < -0.4 is 0 Å². The zero-order valence-electron chi connectivity index (χ0n) is 8.98. The molecule has 0 N–H and O–H groups in total. The van der Waals surface area contributed by atoms with E-state index in [0.29, 0.717) is 17.5 Å². The third-order valence-corrected chi connectivity index (χ3v) is 2.14. The van der Waals surface area contributed by atoms with Crippen molar-refractivity contribution in [3.05, 3.63) is 30.9 Å². The number of aromatic nitrogens is 6. The maximum Gasteiger partial charge on any atom is 0.297 e. The molecule has 7 nitrogen and oxygen atoms in total. The summed E-state index contributed by atoms with van der Waals surface area (Å²) >= 11 is 0. The molecule has 0 radical (unpaired) electrons. The molecule has 17 heavy (non-hydrogen) atoms. The molecule has 0 fully saturated rings. The Balaban J connectivity index is 1.99. The molecule has 3 rings (SSSR count). The Hall–Kier alpha value is -2.57. The van der Waals surface area contributed by atoms with E-state index in [1.807, 2.05) is 12.1 Å². The first kappa shape index (κ1) is 9.64. The van der Waals surface area contributed by atoms with Crippen LogP contribution in [0, 0.1) is 0 Å². The van der Waals surface area contributed by atoms with Crippen molar-refractivity contribution in [2.75, 3.05) is 0 Å². The summed E-state index contributed by atoms with van der Waals surface area (Å²) in [6, 6.07) is 3.66. The van der Waals surface area contributed by atoms with Crippen LogP contribution in [0.1, 0.15) is 0 Å². The van der Waals surface area contributed by atoms with E-state index < -0.39 is 0 Å². The number of nitrogens with zero attached hydrogens (tertiary/aromatic N) is 6. The molecular weight excluding hydrogens is 220 g/mol. The zero-order chi connectivity index (χ0) is 11.7. The number of rotatable bonds is 2. The molecule has 3 aromatic heterocycles. The van der Waals surface area contributed by atoms with Gasteiger partial charge in [0.2, 0.25) is 11.6 Å².